The van der Waals surface area contributed by atoms with Crippen molar-refractivity contribution in [3.63, 3.8) is 0 Å². The van der Waals surface area contributed by atoms with Crippen LogP contribution in [0.15, 0.2) is 24.5 Å². The van der Waals surface area contributed by atoms with Gasteiger partial charge < -0.3 is 14.0 Å². The van der Waals surface area contributed by atoms with Crippen molar-refractivity contribution in [2.45, 2.75) is 56.9 Å². The monoisotopic (exact) mass is 556 g/mol. The molecule has 3 rings (SSSR count). The Morgan fingerprint density at radius 1 is 1.06 bits per heavy atom. The molecule has 0 aliphatic rings. The van der Waals surface area contributed by atoms with Crippen LogP contribution in [0.25, 0.3) is 11.2 Å². The molecular weight excluding hydrogens is 527 g/mol. The Hall–Kier alpha value is -1.57. The van der Waals surface area contributed by atoms with Crippen LogP contribution < -0.4 is 9.47 Å². The third-order valence-corrected chi connectivity index (χ3v) is 6.88. The first kappa shape index (κ1) is 26.0. The molecule has 0 N–H and O–H groups in total. The van der Waals surface area contributed by atoms with Crippen LogP contribution in [0.1, 0.15) is 61.0 Å². The van der Waals surface area contributed by atoms with Gasteiger partial charge >= 0.3 is 0 Å². The smallest absolute Gasteiger partial charge is 0.163 e. The van der Waals surface area contributed by atoms with Gasteiger partial charge in [-0.05, 0) is 43.9 Å². The molecular formula is C24H31BrCl2N4O2. The molecule has 180 valence electrons. The van der Waals surface area contributed by atoms with Gasteiger partial charge in [-0.1, -0.05) is 28.8 Å². The molecule has 1 unspecified atom stereocenters. The number of hydrogen-bond donors (Lipinski definition) is 0. The molecule has 0 saturated heterocycles. The van der Waals surface area contributed by atoms with E-state index < -0.39 is 0 Å². The van der Waals surface area contributed by atoms with Crippen molar-refractivity contribution in [2.75, 3.05) is 25.4 Å². The highest BCUT2D eigenvalue weighted by Gasteiger charge is 2.21. The first-order chi connectivity index (χ1) is 16.1. The van der Waals surface area contributed by atoms with Gasteiger partial charge in [0.2, 0.25) is 0 Å². The van der Waals surface area contributed by atoms with E-state index in [4.69, 9.17) is 37.7 Å². The maximum Gasteiger partial charge on any atom is 0.163 e. The van der Waals surface area contributed by atoms with Crippen molar-refractivity contribution in [1.82, 2.24) is 19.5 Å². The van der Waals surface area contributed by atoms with Crippen molar-refractivity contribution in [2.24, 2.45) is 0 Å². The predicted octanol–water partition coefficient (Wildman–Crippen LogP) is 6.69. The summed E-state index contributed by atoms with van der Waals surface area (Å²) in [6.45, 7) is 0.808. The van der Waals surface area contributed by atoms with Gasteiger partial charge in [-0.2, -0.15) is 0 Å². The van der Waals surface area contributed by atoms with E-state index in [1.165, 1.54) is 0 Å². The van der Waals surface area contributed by atoms with Gasteiger partial charge in [0.25, 0.3) is 0 Å². The third kappa shape index (κ3) is 6.74. The molecule has 6 nitrogen and oxygen atoms in total. The van der Waals surface area contributed by atoms with Gasteiger partial charge in [0.1, 0.15) is 29.2 Å². The number of unbranched alkanes of at least 4 members (excludes halogenated alkanes) is 3. The van der Waals surface area contributed by atoms with Crippen molar-refractivity contribution in [3.05, 3.63) is 41.6 Å². The summed E-state index contributed by atoms with van der Waals surface area (Å²) in [4.78, 5) is 14.1. The van der Waals surface area contributed by atoms with E-state index in [0.29, 0.717) is 12.3 Å². The van der Waals surface area contributed by atoms with E-state index in [1.54, 1.807) is 20.5 Å². The molecule has 2 heterocycles. The van der Waals surface area contributed by atoms with Crippen LogP contribution in [0, 0.1) is 0 Å². The Morgan fingerprint density at radius 2 is 1.91 bits per heavy atom. The second-order valence-corrected chi connectivity index (χ2v) is 9.57. The van der Waals surface area contributed by atoms with Crippen LogP contribution in [0.5, 0.6) is 11.5 Å². The number of rotatable bonds is 14. The van der Waals surface area contributed by atoms with E-state index >= 15 is 0 Å². The molecule has 0 radical (unpaired) electrons. The summed E-state index contributed by atoms with van der Waals surface area (Å²) in [6, 6.07) is 5.81. The minimum Gasteiger partial charge on any atom is -0.497 e. The quantitative estimate of drug-likeness (QED) is 0.163. The Labute approximate surface area is 214 Å². The van der Waals surface area contributed by atoms with Crippen LogP contribution in [0.3, 0.4) is 0 Å². The number of hydrogen-bond acceptors (Lipinski definition) is 5. The maximum absolute atomic E-state index is 6.77. The molecule has 2 aromatic heterocycles. The van der Waals surface area contributed by atoms with E-state index in [9.17, 15) is 0 Å². The van der Waals surface area contributed by atoms with E-state index in [2.05, 4.69) is 30.5 Å². The van der Waals surface area contributed by atoms with E-state index in [-0.39, 0.29) is 5.38 Å². The molecule has 0 aliphatic carbocycles. The number of methoxy groups -OCH3 is 2. The normalized spacial score (nSPS) is 12.3. The summed E-state index contributed by atoms with van der Waals surface area (Å²) in [5.74, 6) is 3.16. The molecule has 3 aromatic rings. The number of nitrogens with zero attached hydrogens (tertiary/aromatic N) is 4. The van der Waals surface area contributed by atoms with Crippen LogP contribution in [0.2, 0.25) is 0 Å². The lowest BCUT2D eigenvalue weighted by Gasteiger charge is -2.12. The number of aryl methyl sites for hydroxylation is 1. The highest BCUT2D eigenvalue weighted by Crippen LogP contribution is 2.32. The fourth-order valence-electron chi connectivity index (χ4n) is 3.88. The average molecular weight is 558 g/mol. The first-order valence-electron chi connectivity index (χ1n) is 11.3. The number of aromatic nitrogens is 4. The summed E-state index contributed by atoms with van der Waals surface area (Å²) >= 11 is 16.1. The SMILES string of the molecule is COc1ccc(OC)c(Cc2nc3c(C(Cl)CCCCBr)ncnc3n2CCCCCCl)c1. The number of imidazole rings is 1. The Bertz CT molecular complexity index is 1030. The lowest BCUT2D eigenvalue weighted by atomic mass is 10.1. The number of alkyl halides is 3. The highest BCUT2D eigenvalue weighted by molar-refractivity contribution is 9.09. The first-order valence-corrected chi connectivity index (χ1v) is 13.4. The van der Waals surface area contributed by atoms with Crippen molar-refractivity contribution in [3.8, 4) is 11.5 Å². The Morgan fingerprint density at radius 3 is 2.64 bits per heavy atom. The van der Waals surface area contributed by atoms with Crippen molar-refractivity contribution in [1.29, 1.82) is 0 Å². The summed E-state index contributed by atoms with van der Waals surface area (Å²) in [6.07, 6.45) is 8.17. The Kier molecular flexibility index (Phi) is 10.5. The lowest BCUT2D eigenvalue weighted by Crippen LogP contribution is -2.07. The highest BCUT2D eigenvalue weighted by atomic mass is 79.9. The van der Waals surface area contributed by atoms with Crippen LogP contribution in [-0.2, 0) is 13.0 Å². The third-order valence-electron chi connectivity index (χ3n) is 5.63. The van der Waals surface area contributed by atoms with Crippen LogP contribution in [0.4, 0.5) is 0 Å². The van der Waals surface area contributed by atoms with Gasteiger partial charge in [0.15, 0.2) is 5.65 Å². The van der Waals surface area contributed by atoms with Gasteiger partial charge in [-0.25, -0.2) is 15.0 Å². The number of ether oxygens (including phenoxy) is 2. The molecule has 0 amide bonds. The van der Waals surface area contributed by atoms with Crippen LogP contribution in [-0.4, -0.2) is 44.9 Å². The predicted molar refractivity (Wildman–Crippen MR) is 138 cm³/mol. The van der Waals surface area contributed by atoms with Crippen molar-refractivity contribution < 1.29 is 9.47 Å². The largest absolute Gasteiger partial charge is 0.497 e. The second-order valence-electron chi connectivity index (χ2n) is 7.87. The molecule has 0 aliphatic heterocycles. The van der Waals surface area contributed by atoms with Gasteiger partial charge in [-0.15, -0.1) is 23.2 Å². The fourth-order valence-corrected chi connectivity index (χ4v) is 4.78. The zero-order valence-electron chi connectivity index (χ0n) is 19.2. The van der Waals surface area contributed by atoms with Gasteiger partial charge in [0.05, 0.1) is 25.3 Å². The maximum atomic E-state index is 6.77. The summed E-state index contributed by atoms with van der Waals surface area (Å²) in [7, 11) is 3.34. The topological polar surface area (TPSA) is 62.1 Å². The lowest BCUT2D eigenvalue weighted by molar-refractivity contribution is 0.399. The number of fused-ring (bicyclic) bond motifs is 1. The summed E-state index contributed by atoms with van der Waals surface area (Å²) in [5, 5.41) is 0.771. The molecule has 1 aromatic carbocycles. The summed E-state index contributed by atoms with van der Waals surface area (Å²) < 4.78 is 13.2. The van der Waals surface area contributed by atoms with Crippen molar-refractivity contribution >= 4 is 50.3 Å². The summed E-state index contributed by atoms with van der Waals surface area (Å²) in [5.41, 5.74) is 3.41. The Balaban J connectivity index is 2.00. The minimum atomic E-state index is -0.201. The number of halogens is 3. The standard InChI is InChI=1S/C24H31BrCl2N4O2/c1-32-18-9-10-20(33-2)17(14-18)15-21-30-23-22(19(27)8-4-5-11-25)28-16-29-24(23)31(21)13-7-3-6-12-26/h9-10,14,16,19H,3-8,11-13,15H2,1-2H3. The second kappa shape index (κ2) is 13.4. The molecule has 9 heteroatoms. The fraction of sp³-hybridized carbons (Fsp3) is 0.542. The van der Waals surface area contributed by atoms with Crippen LogP contribution >= 0.6 is 39.1 Å². The number of benzene rings is 1. The van der Waals surface area contributed by atoms with Gasteiger partial charge in [-0.3, -0.25) is 0 Å². The molecule has 0 spiro atoms. The molecule has 0 fully saturated rings. The zero-order chi connectivity index (χ0) is 23.6. The molecule has 0 bridgehead atoms. The minimum absolute atomic E-state index is 0.201. The average Bonchev–Trinajstić information content (AvgIpc) is 3.18. The molecule has 0 saturated carbocycles. The van der Waals surface area contributed by atoms with Gasteiger partial charge in [0, 0.05) is 29.7 Å². The van der Waals surface area contributed by atoms with E-state index in [0.717, 1.165) is 90.1 Å². The molecule has 1 atom stereocenters. The zero-order valence-corrected chi connectivity index (χ0v) is 22.3. The van der Waals surface area contributed by atoms with E-state index in [1.807, 2.05) is 18.2 Å². The molecule has 33 heavy (non-hydrogen) atoms.